The number of rotatable bonds is 0. The molecule has 0 aromatic carbocycles. The molecule has 88 valence electrons. The highest BCUT2D eigenvalue weighted by molar-refractivity contribution is 5.65. The number of carboxylic acid groups (broad SMARTS) is 1. The average molecular weight is 218 g/mol. The van der Waals surface area contributed by atoms with E-state index < -0.39 is 12.3 Å². The fourth-order valence-electron chi connectivity index (χ4n) is 1.88. The smallest absolute Gasteiger partial charge is 0.407 e. The molecule has 2 N–H and O–H groups in total. The molecule has 1 rings (SSSR count). The van der Waals surface area contributed by atoms with E-state index in [1.54, 1.807) is 0 Å². The third kappa shape index (κ3) is 3.06. The molecule has 1 saturated heterocycles. The molecule has 1 aliphatic rings. The van der Waals surface area contributed by atoms with Crippen molar-refractivity contribution >= 4 is 6.09 Å². The van der Waals surface area contributed by atoms with Crippen molar-refractivity contribution in [3.8, 4) is 0 Å². The lowest BCUT2D eigenvalue weighted by molar-refractivity contribution is 0.0784. The van der Waals surface area contributed by atoms with Gasteiger partial charge in [-0.1, -0.05) is 20.8 Å². The van der Waals surface area contributed by atoms with Crippen molar-refractivity contribution in [1.82, 2.24) is 10.2 Å². The fourth-order valence-corrected chi connectivity index (χ4v) is 1.88. The number of nitrogens with one attached hydrogen (secondary N) is 1. The molecular formula is C10H19FN2O2. The van der Waals surface area contributed by atoms with Crippen molar-refractivity contribution in [2.45, 2.75) is 33.0 Å². The first-order chi connectivity index (χ1) is 6.82. The number of alkyl halides is 1. The van der Waals surface area contributed by atoms with E-state index in [0.717, 1.165) is 0 Å². The lowest BCUT2D eigenvalue weighted by Gasteiger charge is -2.37. The van der Waals surface area contributed by atoms with Crippen LogP contribution in [0.15, 0.2) is 0 Å². The number of halogens is 1. The lowest BCUT2D eigenvalue weighted by Crippen LogP contribution is -2.50. The maximum absolute atomic E-state index is 13.2. The standard InChI is InChI=1S/C10H19FN2O2/c1-10(2,3)8-5-12-4-7(11)6-13(8)9(14)15/h7-8,12H,4-6H2,1-3H3,(H,14,15). The van der Waals surface area contributed by atoms with Crippen LogP contribution in [0.5, 0.6) is 0 Å². The summed E-state index contributed by atoms with van der Waals surface area (Å²) in [5.41, 5.74) is -0.185. The van der Waals surface area contributed by atoms with Gasteiger partial charge in [-0.2, -0.15) is 0 Å². The molecule has 1 heterocycles. The summed E-state index contributed by atoms with van der Waals surface area (Å²) in [6, 6.07) is -0.184. The minimum absolute atomic E-state index is 0.0374. The maximum atomic E-state index is 13.2. The molecule has 0 aromatic rings. The van der Waals surface area contributed by atoms with Crippen molar-refractivity contribution in [3.63, 3.8) is 0 Å². The van der Waals surface area contributed by atoms with Gasteiger partial charge >= 0.3 is 6.09 Å². The number of amides is 1. The van der Waals surface area contributed by atoms with Gasteiger partial charge in [0.15, 0.2) is 0 Å². The second-order valence-electron chi connectivity index (χ2n) is 5.07. The summed E-state index contributed by atoms with van der Waals surface area (Å²) in [6.07, 6.45) is -2.16. The van der Waals surface area contributed by atoms with E-state index in [1.165, 1.54) is 4.90 Å². The summed E-state index contributed by atoms with van der Waals surface area (Å²) in [5, 5.41) is 12.0. The summed E-state index contributed by atoms with van der Waals surface area (Å²) < 4.78 is 13.2. The molecule has 1 aliphatic heterocycles. The summed E-state index contributed by atoms with van der Waals surface area (Å²) in [4.78, 5) is 12.3. The van der Waals surface area contributed by atoms with Gasteiger partial charge in [0.1, 0.15) is 6.17 Å². The van der Waals surface area contributed by atoms with Gasteiger partial charge in [0.05, 0.1) is 12.6 Å². The molecule has 0 bridgehead atoms. The van der Waals surface area contributed by atoms with Crippen LogP contribution in [-0.2, 0) is 0 Å². The third-order valence-corrected chi connectivity index (χ3v) is 2.72. The van der Waals surface area contributed by atoms with E-state index >= 15 is 0 Å². The summed E-state index contributed by atoms with van der Waals surface area (Å²) in [7, 11) is 0. The van der Waals surface area contributed by atoms with E-state index in [1.807, 2.05) is 20.8 Å². The second-order valence-corrected chi connectivity index (χ2v) is 5.07. The zero-order chi connectivity index (χ0) is 11.6. The lowest BCUT2D eigenvalue weighted by atomic mass is 9.86. The van der Waals surface area contributed by atoms with E-state index in [-0.39, 0.29) is 24.5 Å². The van der Waals surface area contributed by atoms with Crippen molar-refractivity contribution in [3.05, 3.63) is 0 Å². The van der Waals surface area contributed by atoms with Gasteiger partial charge in [-0.3, -0.25) is 0 Å². The summed E-state index contributed by atoms with van der Waals surface area (Å²) in [5.74, 6) is 0. The first kappa shape index (κ1) is 12.2. The SMILES string of the molecule is CC(C)(C)C1CNCC(F)CN1C(=O)O. The van der Waals surface area contributed by atoms with E-state index in [2.05, 4.69) is 5.32 Å². The molecule has 2 unspecified atom stereocenters. The number of carbonyl (C=O) groups is 1. The number of hydrogen-bond acceptors (Lipinski definition) is 2. The molecule has 4 nitrogen and oxygen atoms in total. The van der Waals surface area contributed by atoms with E-state index in [4.69, 9.17) is 5.11 Å². The molecule has 1 amide bonds. The first-order valence-electron chi connectivity index (χ1n) is 5.16. The molecule has 2 atom stereocenters. The van der Waals surface area contributed by atoms with Gasteiger partial charge in [-0.15, -0.1) is 0 Å². The van der Waals surface area contributed by atoms with Gasteiger partial charge in [-0.05, 0) is 5.41 Å². The molecule has 1 fully saturated rings. The summed E-state index contributed by atoms with van der Waals surface area (Å²) in [6.45, 7) is 6.60. The Morgan fingerprint density at radius 1 is 1.47 bits per heavy atom. The zero-order valence-corrected chi connectivity index (χ0v) is 9.46. The quantitative estimate of drug-likeness (QED) is 0.644. The Bertz CT molecular complexity index is 240. The Balaban J connectivity index is 2.85. The van der Waals surface area contributed by atoms with Crippen LogP contribution in [0.4, 0.5) is 9.18 Å². The van der Waals surface area contributed by atoms with Crippen molar-refractivity contribution in [1.29, 1.82) is 0 Å². The van der Waals surface area contributed by atoms with Crippen LogP contribution >= 0.6 is 0 Å². The predicted molar refractivity (Wildman–Crippen MR) is 55.7 cm³/mol. The molecule has 0 aliphatic carbocycles. The van der Waals surface area contributed by atoms with Crippen LogP contribution in [0, 0.1) is 5.41 Å². The minimum Gasteiger partial charge on any atom is -0.465 e. The fraction of sp³-hybridized carbons (Fsp3) is 0.900. The van der Waals surface area contributed by atoms with Gasteiger partial charge < -0.3 is 15.3 Å². The Labute approximate surface area is 89.4 Å². The second kappa shape index (κ2) is 4.35. The monoisotopic (exact) mass is 218 g/mol. The largest absolute Gasteiger partial charge is 0.465 e. The van der Waals surface area contributed by atoms with Crippen LogP contribution in [0.2, 0.25) is 0 Å². The number of nitrogens with zero attached hydrogens (tertiary/aromatic N) is 1. The highest BCUT2D eigenvalue weighted by Gasteiger charge is 2.36. The van der Waals surface area contributed by atoms with Crippen LogP contribution in [0.25, 0.3) is 0 Å². The van der Waals surface area contributed by atoms with Gasteiger partial charge in [0.2, 0.25) is 0 Å². The average Bonchev–Trinajstić information content (AvgIpc) is 2.25. The highest BCUT2D eigenvalue weighted by atomic mass is 19.1. The molecule has 0 aromatic heterocycles. The predicted octanol–water partition coefficient (Wildman–Crippen LogP) is 1.32. The Kier molecular flexibility index (Phi) is 3.54. The van der Waals surface area contributed by atoms with E-state index in [0.29, 0.717) is 6.54 Å². The maximum Gasteiger partial charge on any atom is 0.407 e. The Morgan fingerprint density at radius 2 is 2.07 bits per heavy atom. The van der Waals surface area contributed by atoms with Crippen molar-refractivity contribution < 1.29 is 14.3 Å². The van der Waals surface area contributed by atoms with Crippen LogP contribution in [-0.4, -0.2) is 47.9 Å². The summed E-state index contributed by atoms with van der Waals surface area (Å²) >= 11 is 0. The van der Waals surface area contributed by atoms with E-state index in [9.17, 15) is 9.18 Å². The molecular weight excluding hydrogens is 199 g/mol. The van der Waals surface area contributed by atoms with Crippen LogP contribution < -0.4 is 5.32 Å². The number of hydrogen-bond donors (Lipinski definition) is 2. The van der Waals surface area contributed by atoms with Gasteiger partial charge in [0, 0.05) is 13.1 Å². The van der Waals surface area contributed by atoms with Crippen LogP contribution in [0.3, 0.4) is 0 Å². The Hall–Kier alpha value is -0.840. The highest BCUT2D eigenvalue weighted by Crippen LogP contribution is 2.25. The van der Waals surface area contributed by atoms with Crippen LogP contribution in [0.1, 0.15) is 20.8 Å². The van der Waals surface area contributed by atoms with Crippen molar-refractivity contribution in [2.24, 2.45) is 5.41 Å². The molecule has 0 radical (unpaired) electrons. The minimum atomic E-state index is -1.12. The van der Waals surface area contributed by atoms with Gasteiger partial charge in [0.25, 0.3) is 0 Å². The topological polar surface area (TPSA) is 52.6 Å². The molecule has 0 saturated carbocycles. The normalized spacial score (nSPS) is 28.7. The van der Waals surface area contributed by atoms with Gasteiger partial charge in [-0.25, -0.2) is 9.18 Å². The van der Waals surface area contributed by atoms with Crippen molar-refractivity contribution in [2.75, 3.05) is 19.6 Å². The molecule has 15 heavy (non-hydrogen) atoms. The zero-order valence-electron chi connectivity index (χ0n) is 9.46. The molecule has 0 spiro atoms. The Morgan fingerprint density at radius 3 is 2.53 bits per heavy atom. The molecule has 5 heteroatoms. The third-order valence-electron chi connectivity index (χ3n) is 2.72. The first-order valence-corrected chi connectivity index (χ1v) is 5.16.